The monoisotopic (exact) mass is 210 g/mol. The summed E-state index contributed by atoms with van der Waals surface area (Å²) < 4.78 is 0. The van der Waals surface area contributed by atoms with Gasteiger partial charge in [0.1, 0.15) is 0 Å². The average Bonchev–Trinajstić information content (AvgIpc) is 2.73. The molecule has 1 nitrogen and oxygen atoms in total. The Morgan fingerprint density at radius 1 is 1.06 bits per heavy atom. The predicted octanol–water partition coefficient (Wildman–Crippen LogP) is 3.78. The second-order valence-electron chi connectivity index (χ2n) is 4.64. The average molecular weight is 210 g/mol. The zero-order valence-corrected chi connectivity index (χ0v) is 9.66. The quantitative estimate of drug-likeness (QED) is 0.669. The minimum absolute atomic E-state index is 1.17. The number of aryl methyl sites for hydroxylation is 1. The molecule has 81 valence electrons. The van der Waals surface area contributed by atoms with Crippen LogP contribution in [0.1, 0.15) is 36.8 Å². The van der Waals surface area contributed by atoms with Crippen molar-refractivity contribution in [2.24, 2.45) is 0 Å². The summed E-state index contributed by atoms with van der Waals surface area (Å²) >= 11 is 0. The Morgan fingerprint density at radius 2 is 1.88 bits per heavy atom. The number of nitrogens with zero attached hydrogens (tertiary/aromatic N) is 1. The molecule has 0 atom stereocenters. The fourth-order valence-corrected chi connectivity index (χ4v) is 2.54. The van der Waals surface area contributed by atoms with Crippen molar-refractivity contribution in [1.29, 1.82) is 0 Å². The van der Waals surface area contributed by atoms with Crippen LogP contribution < -0.4 is 5.32 Å². The van der Waals surface area contributed by atoms with Gasteiger partial charge in [0.05, 0.1) is 5.70 Å². The van der Waals surface area contributed by atoms with E-state index in [2.05, 4.69) is 37.3 Å². The molecule has 1 aromatic carbocycles. The molecule has 1 aliphatic heterocycles. The van der Waals surface area contributed by atoms with Gasteiger partial charge in [-0.3, -0.25) is 5.32 Å². The largest absolute Gasteiger partial charge is 0.253 e. The van der Waals surface area contributed by atoms with Crippen LogP contribution in [0, 0.1) is 6.92 Å². The van der Waals surface area contributed by atoms with Crippen LogP contribution in [-0.4, -0.2) is 0 Å². The summed E-state index contributed by atoms with van der Waals surface area (Å²) in [6.45, 7) is 2.16. The third kappa shape index (κ3) is 1.57. The molecule has 0 N–H and O–H groups in total. The maximum absolute atomic E-state index is 4.78. The predicted molar refractivity (Wildman–Crippen MR) is 66.8 cm³/mol. The molecule has 3 rings (SSSR count). The first-order valence-electron chi connectivity index (χ1n) is 6.06. The van der Waals surface area contributed by atoms with Crippen LogP contribution in [0.5, 0.6) is 0 Å². The van der Waals surface area contributed by atoms with Crippen LogP contribution in [-0.2, 0) is 0 Å². The zero-order valence-electron chi connectivity index (χ0n) is 9.66. The molecule has 1 heteroatoms. The van der Waals surface area contributed by atoms with Gasteiger partial charge < -0.3 is 0 Å². The normalized spacial score (nSPS) is 19.2. The summed E-state index contributed by atoms with van der Waals surface area (Å²) in [6.07, 6.45) is 7.30. The van der Waals surface area contributed by atoms with E-state index >= 15 is 0 Å². The van der Waals surface area contributed by atoms with E-state index < -0.39 is 0 Å². The summed E-state index contributed by atoms with van der Waals surface area (Å²) in [7, 11) is 0. The Bertz CT molecular complexity index is 480. The van der Waals surface area contributed by atoms with Gasteiger partial charge in [0.15, 0.2) is 0 Å². The third-order valence-corrected chi connectivity index (χ3v) is 3.47. The van der Waals surface area contributed by atoms with Gasteiger partial charge in [0.25, 0.3) is 0 Å². The molecule has 1 aliphatic carbocycles. The molecule has 1 heterocycles. The lowest BCUT2D eigenvalue weighted by molar-refractivity contribution is 0.667. The Hall–Kier alpha value is -1.50. The molecular weight excluding hydrogens is 194 g/mol. The SMILES string of the molecule is Cc1ccccc1C1=CC2=C(CCCC2)[N]1. The molecule has 1 radical (unpaired) electrons. The highest BCUT2D eigenvalue weighted by atomic mass is 14.9. The zero-order chi connectivity index (χ0) is 11.0. The molecule has 0 unspecified atom stereocenters. The van der Waals surface area contributed by atoms with E-state index in [1.54, 1.807) is 0 Å². The number of hydrogen-bond donors (Lipinski definition) is 0. The van der Waals surface area contributed by atoms with Gasteiger partial charge in [-0.1, -0.05) is 24.3 Å². The van der Waals surface area contributed by atoms with Crippen LogP contribution in [0.4, 0.5) is 0 Å². The van der Waals surface area contributed by atoms with Gasteiger partial charge in [-0.05, 0) is 49.8 Å². The first-order valence-corrected chi connectivity index (χ1v) is 6.06. The summed E-state index contributed by atoms with van der Waals surface area (Å²) in [5, 5.41) is 4.78. The highest BCUT2D eigenvalue weighted by Gasteiger charge is 2.21. The van der Waals surface area contributed by atoms with Crippen LogP contribution >= 0.6 is 0 Å². The molecule has 0 bridgehead atoms. The summed E-state index contributed by atoms with van der Waals surface area (Å²) in [5.74, 6) is 0. The first kappa shape index (κ1) is 9.71. The molecule has 0 aromatic heterocycles. The lowest BCUT2D eigenvalue weighted by Gasteiger charge is -2.12. The van der Waals surface area contributed by atoms with Crippen LogP contribution in [0.3, 0.4) is 0 Å². The van der Waals surface area contributed by atoms with Crippen molar-refractivity contribution in [2.45, 2.75) is 32.6 Å². The number of hydrogen-bond acceptors (Lipinski definition) is 0. The molecule has 0 spiro atoms. The Balaban J connectivity index is 1.93. The van der Waals surface area contributed by atoms with E-state index in [1.807, 2.05) is 0 Å². The maximum Gasteiger partial charge on any atom is 0.0711 e. The van der Waals surface area contributed by atoms with E-state index in [9.17, 15) is 0 Å². The number of allylic oxidation sites excluding steroid dienone is 3. The third-order valence-electron chi connectivity index (χ3n) is 3.47. The fourth-order valence-electron chi connectivity index (χ4n) is 2.54. The fraction of sp³-hybridized carbons (Fsp3) is 0.333. The highest BCUT2D eigenvalue weighted by molar-refractivity contribution is 5.73. The Kier molecular flexibility index (Phi) is 2.32. The lowest BCUT2D eigenvalue weighted by atomic mass is 9.97. The van der Waals surface area contributed by atoms with E-state index in [0.717, 1.165) is 0 Å². The maximum atomic E-state index is 4.78. The van der Waals surface area contributed by atoms with Crippen LogP contribution in [0.2, 0.25) is 0 Å². The van der Waals surface area contributed by atoms with Crippen molar-refractivity contribution in [1.82, 2.24) is 5.32 Å². The standard InChI is InChI=1S/C15H16N/c1-11-6-2-4-8-13(11)15-10-12-7-3-5-9-14(12)16-15/h2,4,6,8,10H,3,5,7,9H2,1H3. The summed E-state index contributed by atoms with van der Waals surface area (Å²) in [6, 6.07) is 8.50. The van der Waals surface area contributed by atoms with E-state index in [0.29, 0.717) is 0 Å². The van der Waals surface area contributed by atoms with Crippen molar-refractivity contribution >= 4 is 5.70 Å². The molecule has 16 heavy (non-hydrogen) atoms. The molecule has 0 fully saturated rings. The second kappa shape index (κ2) is 3.82. The van der Waals surface area contributed by atoms with Gasteiger partial charge >= 0.3 is 0 Å². The van der Waals surface area contributed by atoms with Gasteiger partial charge in [-0.2, -0.15) is 0 Å². The van der Waals surface area contributed by atoms with Crippen LogP contribution in [0.25, 0.3) is 5.70 Å². The minimum atomic E-state index is 1.17. The lowest BCUT2D eigenvalue weighted by Crippen LogP contribution is -2.03. The van der Waals surface area contributed by atoms with Gasteiger partial charge in [0, 0.05) is 11.3 Å². The molecular formula is C15H16N. The van der Waals surface area contributed by atoms with E-state index in [4.69, 9.17) is 5.32 Å². The smallest absolute Gasteiger partial charge is 0.0711 e. The van der Waals surface area contributed by atoms with Crippen molar-refractivity contribution in [3.05, 3.63) is 52.7 Å². The number of benzene rings is 1. The van der Waals surface area contributed by atoms with E-state index in [-0.39, 0.29) is 0 Å². The Labute approximate surface area is 96.9 Å². The van der Waals surface area contributed by atoms with Crippen molar-refractivity contribution in [3.8, 4) is 0 Å². The summed E-state index contributed by atoms with van der Waals surface area (Å²) in [5.41, 5.74) is 6.59. The van der Waals surface area contributed by atoms with Gasteiger partial charge in [-0.25, -0.2) is 0 Å². The Morgan fingerprint density at radius 3 is 2.69 bits per heavy atom. The van der Waals surface area contributed by atoms with E-state index in [1.165, 1.54) is 53.8 Å². The molecule has 1 aromatic rings. The number of rotatable bonds is 1. The van der Waals surface area contributed by atoms with Crippen molar-refractivity contribution in [2.75, 3.05) is 0 Å². The van der Waals surface area contributed by atoms with Crippen molar-refractivity contribution in [3.63, 3.8) is 0 Å². The minimum Gasteiger partial charge on any atom is -0.253 e. The molecule has 0 saturated heterocycles. The first-order chi connectivity index (χ1) is 7.84. The molecule has 0 amide bonds. The van der Waals surface area contributed by atoms with Crippen LogP contribution in [0.15, 0.2) is 41.6 Å². The highest BCUT2D eigenvalue weighted by Crippen LogP contribution is 2.34. The second-order valence-corrected chi connectivity index (χ2v) is 4.64. The van der Waals surface area contributed by atoms with Gasteiger partial charge in [-0.15, -0.1) is 0 Å². The molecule has 2 aliphatic rings. The molecule has 0 saturated carbocycles. The van der Waals surface area contributed by atoms with Crippen molar-refractivity contribution < 1.29 is 0 Å². The topological polar surface area (TPSA) is 14.1 Å². The summed E-state index contributed by atoms with van der Waals surface area (Å²) in [4.78, 5) is 0. The van der Waals surface area contributed by atoms with Gasteiger partial charge in [0.2, 0.25) is 0 Å².